The molecule has 1 N–H and O–H groups in total. The highest BCUT2D eigenvalue weighted by molar-refractivity contribution is 6.35. The number of carbonyl (C=O) groups excluding carboxylic acids is 2. The van der Waals surface area contributed by atoms with Crippen molar-refractivity contribution in [1.82, 2.24) is 9.80 Å². The summed E-state index contributed by atoms with van der Waals surface area (Å²) in [6.45, 7) is 0.611. The van der Waals surface area contributed by atoms with E-state index < -0.39 is 16.7 Å². The number of nitrogens with zero attached hydrogens (tertiary/aromatic N) is 3. The Balaban J connectivity index is 2.42. The third kappa shape index (κ3) is 3.89. The van der Waals surface area contributed by atoms with Gasteiger partial charge in [-0.05, 0) is 24.1 Å². The smallest absolute Gasteiger partial charge is 0.277 e. The molecule has 1 aliphatic rings. The fraction of sp³-hybridized carbons (Fsp3) is 0.412. The minimum atomic E-state index is -0.532. The molecule has 140 valence electrons. The predicted molar refractivity (Wildman–Crippen MR) is 92.9 cm³/mol. The molecule has 1 aromatic rings. The number of hydrogen-bond acceptors (Lipinski definition) is 7. The van der Waals surface area contributed by atoms with E-state index in [1.165, 1.54) is 36.3 Å². The Morgan fingerprint density at radius 3 is 2.42 bits per heavy atom. The van der Waals surface area contributed by atoms with Gasteiger partial charge in [-0.25, -0.2) is 0 Å². The van der Waals surface area contributed by atoms with E-state index in [0.29, 0.717) is 18.6 Å². The van der Waals surface area contributed by atoms with Gasteiger partial charge in [-0.15, -0.1) is 0 Å². The van der Waals surface area contributed by atoms with Crippen LogP contribution in [-0.2, 0) is 14.3 Å². The summed E-state index contributed by atoms with van der Waals surface area (Å²) in [5, 5.41) is 20.0. The van der Waals surface area contributed by atoms with Crippen molar-refractivity contribution in [3.8, 4) is 0 Å². The molecule has 2 amide bonds. The number of nitro benzene ring substituents is 1. The number of aliphatic hydroxyl groups excluding tert-OH is 1. The molecule has 0 bridgehead atoms. The molecule has 0 saturated heterocycles. The van der Waals surface area contributed by atoms with Crippen LogP contribution in [0.1, 0.15) is 12.0 Å². The molecule has 1 heterocycles. The molecule has 0 atom stereocenters. The highest BCUT2D eigenvalue weighted by Crippen LogP contribution is 2.31. The zero-order chi connectivity index (χ0) is 19.3. The van der Waals surface area contributed by atoms with Gasteiger partial charge in [0.05, 0.1) is 17.1 Å². The van der Waals surface area contributed by atoms with Crippen molar-refractivity contribution in [2.45, 2.75) is 6.42 Å². The number of rotatable bonds is 9. The maximum absolute atomic E-state index is 12.8. The Morgan fingerprint density at radius 1 is 1.23 bits per heavy atom. The molecule has 0 unspecified atom stereocenters. The van der Waals surface area contributed by atoms with Gasteiger partial charge in [-0.3, -0.25) is 24.6 Å². The van der Waals surface area contributed by atoms with E-state index in [4.69, 9.17) is 4.74 Å². The second kappa shape index (κ2) is 8.54. The Morgan fingerprint density at radius 2 is 1.88 bits per heavy atom. The number of aliphatic hydroxyl groups is 1. The molecule has 1 aliphatic heterocycles. The lowest BCUT2D eigenvalue weighted by atomic mass is 10.0. The van der Waals surface area contributed by atoms with Crippen molar-refractivity contribution in [3.05, 3.63) is 45.6 Å². The largest absolute Gasteiger partial charge is 0.395 e. The molecule has 0 saturated carbocycles. The Labute approximate surface area is 150 Å². The topological polar surface area (TPSA) is 113 Å². The fourth-order valence-electron chi connectivity index (χ4n) is 2.76. The number of non-ortho nitro benzene ring substituents is 1. The van der Waals surface area contributed by atoms with Gasteiger partial charge < -0.3 is 14.7 Å². The molecule has 2 rings (SSSR count). The van der Waals surface area contributed by atoms with Gasteiger partial charge in [0.25, 0.3) is 17.5 Å². The average molecular weight is 363 g/mol. The van der Waals surface area contributed by atoms with E-state index in [0.717, 1.165) is 4.90 Å². The normalized spacial score (nSPS) is 14.3. The number of amides is 2. The molecular formula is C17H21N3O6. The average Bonchev–Trinajstić information content (AvgIpc) is 2.86. The quantitative estimate of drug-likeness (QED) is 0.296. The Hall–Kier alpha value is -2.78. The van der Waals surface area contributed by atoms with Crippen LogP contribution in [0, 0.1) is 10.1 Å². The van der Waals surface area contributed by atoms with Crippen LogP contribution in [-0.4, -0.2) is 72.1 Å². The number of carbonyl (C=O) groups is 2. The minimum Gasteiger partial charge on any atom is -0.395 e. The summed E-state index contributed by atoms with van der Waals surface area (Å²) in [5.41, 5.74) is 0.671. The number of ether oxygens (including phenoxy) is 1. The number of nitro groups is 1. The van der Waals surface area contributed by atoms with Gasteiger partial charge in [0.15, 0.2) is 0 Å². The van der Waals surface area contributed by atoms with E-state index in [9.17, 15) is 24.8 Å². The second-order valence-electron chi connectivity index (χ2n) is 5.78. The summed E-state index contributed by atoms with van der Waals surface area (Å²) in [4.78, 5) is 38.5. The molecule has 0 radical (unpaired) electrons. The number of methoxy groups -OCH3 is 1. The number of hydrogen-bond donors (Lipinski definition) is 1. The van der Waals surface area contributed by atoms with Crippen LogP contribution in [0.3, 0.4) is 0 Å². The summed E-state index contributed by atoms with van der Waals surface area (Å²) >= 11 is 0. The van der Waals surface area contributed by atoms with Crippen molar-refractivity contribution in [2.24, 2.45) is 0 Å². The highest BCUT2D eigenvalue weighted by atomic mass is 16.6. The SMILES string of the molecule is COCCCN1C(=O)C(c2ccc([N+](=O)[O-])cc2)=C(N(C)CCO)C1=O. The zero-order valence-electron chi connectivity index (χ0n) is 14.7. The van der Waals surface area contributed by atoms with Gasteiger partial charge in [0, 0.05) is 46.0 Å². The van der Waals surface area contributed by atoms with Gasteiger partial charge in [0.1, 0.15) is 5.70 Å². The van der Waals surface area contributed by atoms with Crippen molar-refractivity contribution in [3.63, 3.8) is 0 Å². The minimum absolute atomic E-state index is 0.103. The third-order valence-corrected chi connectivity index (χ3v) is 4.06. The van der Waals surface area contributed by atoms with Crippen LogP contribution < -0.4 is 0 Å². The van der Waals surface area contributed by atoms with Crippen LogP contribution in [0.5, 0.6) is 0 Å². The first-order chi connectivity index (χ1) is 12.4. The maximum atomic E-state index is 12.8. The molecule has 0 spiro atoms. The lowest BCUT2D eigenvalue weighted by Gasteiger charge is -2.20. The predicted octanol–water partition coefficient (Wildman–Crippen LogP) is 0.635. The summed E-state index contributed by atoms with van der Waals surface area (Å²) < 4.78 is 4.96. The molecule has 9 nitrogen and oxygen atoms in total. The van der Waals surface area contributed by atoms with Crippen LogP contribution >= 0.6 is 0 Å². The van der Waals surface area contributed by atoms with Crippen LogP contribution in [0.4, 0.5) is 5.69 Å². The molecule has 0 aliphatic carbocycles. The lowest BCUT2D eigenvalue weighted by molar-refractivity contribution is -0.384. The molecule has 0 fully saturated rings. The highest BCUT2D eigenvalue weighted by Gasteiger charge is 2.40. The first-order valence-corrected chi connectivity index (χ1v) is 8.08. The van der Waals surface area contributed by atoms with E-state index >= 15 is 0 Å². The molecular weight excluding hydrogens is 342 g/mol. The maximum Gasteiger partial charge on any atom is 0.277 e. The van der Waals surface area contributed by atoms with Crippen LogP contribution in [0.15, 0.2) is 30.0 Å². The summed E-state index contributed by atoms with van der Waals surface area (Å²) in [6.07, 6.45) is 0.499. The van der Waals surface area contributed by atoms with Gasteiger partial charge in [-0.1, -0.05) is 0 Å². The van der Waals surface area contributed by atoms with Crippen molar-refractivity contribution in [1.29, 1.82) is 0 Å². The fourth-order valence-corrected chi connectivity index (χ4v) is 2.76. The van der Waals surface area contributed by atoms with E-state index in [1.54, 1.807) is 7.05 Å². The van der Waals surface area contributed by atoms with Gasteiger partial charge in [-0.2, -0.15) is 0 Å². The van der Waals surface area contributed by atoms with Crippen molar-refractivity contribution >= 4 is 23.1 Å². The molecule has 1 aromatic carbocycles. The summed E-state index contributed by atoms with van der Waals surface area (Å²) in [7, 11) is 3.15. The Kier molecular flexibility index (Phi) is 6.42. The number of likely N-dealkylation sites (N-methyl/N-ethyl adjacent to an activating group) is 1. The summed E-state index contributed by atoms with van der Waals surface area (Å²) in [5.74, 6) is -0.907. The first kappa shape index (κ1) is 19.5. The van der Waals surface area contributed by atoms with Crippen LogP contribution in [0.2, 0.25) is 0 Å². The van der Waals surface area contributed by atoms with Crippen LogP contribution in [0.25, 0.3) is 5.57 Å². The standard InChI is InChI=1S/C17H21N3O6/c1-18(9-10-21)15-14(12-4-6-13(7-5-12)20(24)25)16(22)19(17(15)23)8-3-11-26-2/h4-7,21H,3,8-11H2,1-2H3. The second-order valence-corrected chi connectivity index (χ2v) is 5.78. The van der Waals surface area contributed by atoms with Crippen molar-refractivity contribution < 1.29 is 24.4 Å². The first-order valence-electron chi connectivity index (χ1n) is 8.08. The van der Waals surface area contributed by atoms with Gasteiger partial charge >= 0.3 is 0 Å². The van der Waals surface area contributed by atoms with E-state index in [-0.39, 0.29) is 36.7 Å². The van der Waals surface area contributed by atoms with E-state index in [2.05, 4.69) is 0 Å². The number of benzene rings is 1. The summed E-state index contributed by atoms with van der Waals surface area (Å²) in [6, 6.07) is 5.48. The number of imide groups is 1. The van der Waals surface area contributed by atoms with Crippen molar-refractivity contribution in [2.75, 3.05) is 40.5 Å². The van der Waals surface area contributed by atoms with Gasteiger partial charge in [0.2, 0.25) is 0 Å². The Bertz CT molecular complexity index is 729. The molecule has 0 aromatic heterocycles. The monoisotopic (exact) mass is 363 g/mol. The third-order valence-electron chi connectivity index (χ3n) is 4.06. The zero-order valence-corrected chi connectivity index (χ0v) is 14.7. The molecule has 9 heteroatoms. The van der Waals surface area contributed by atoms with E-state index in [1.807, 2.05) is 0 Å². The molecule has 26 heavy (non-hydrogen) atoms. The lowest BCUT2D eigenvalue weighted by Crippen LogP contribution is -2.35.